The third-order valence-corrected chi connectivity index (χ3v) is 2.74. The summed E-state index contributed by atoms with van der Waals surface area (Å²) >= 11 is 0. The maximum Gasteiger partial charge on any atom is 0.169 e. The molecule has 0 saturated heterocycles. The topological polar surface area (TPSA) is 52.0 Å². The zero-order valence-electron chi connectivity index (χ0n) is 8.95. The number of nitrogens with two attached hydrogens (primary N) is 2. The molecule has 0 atom stereocenters. The van der Waals surface area contributed by atoms with Crippen molar-refractivity contribution in [2.45, 2.75) is 33.6 Å². The van der Waals surface area contributed by atoms with Crippen molar-refractivity contribution >= 4 is 11.4 Å². The molecule has 0 aliphatic heterocycles. The summed E-state index contributed by atoms with van der Waals surface area (Å²) < 4.78 is 13.6. The van der Waals surface area contributed by atoms with Gasteiger partial charge in [0.25, 0.3) is 0 Å². The van der Waals surface area contributed by atoms with Crippen molar-refractivity contribution in [3.05, 3.63) is 22.5 Å². The van der Waals surface area contributed by atoms with E-state index in [-0.39, 0.29) is 11.4 Å². The Kier molecular flexibility index (Phi) is 2.99. The molecule has 0 saturated carbocycles. The molecule has 4 N–H and O–H groups in total. The molecule has 0 radical (unpaired) electrons. The maximum atomic E-state index is 13.6. The largest absolute Gasteiger partial charge is 0.396 e. The van der Waals surface area contributed by atoms with E-state index in [4.69, 9.17) is 11.5 Å². The van der Waals surface area contributed by atoms with Crippen molar-refractivity contribution in [2.75, 3.05) is 11.5 Å². The van der Waals surface area contributed by atoms with Gasteiger partial charge in [-0.05, 0) is 36.5 Å². The Morgan fingerprint density at radius 1 is 1.00 bits per heavy atom. The molecule has 1 aromatic carbocycles. The molecule has 14 heavy (non-hydrogen) atoms. The Morgan fingerprint density at radius 3 is 1.64 bits per heavy atom. The highest BCUT2D eigenvalue weighted by atomic mass is 19.1. The average molecular weight is 196 g/mol. The number of benzene rings is 1. The fourth-order valence-electron chi connectivity index (χ4n) is 1.91. The van der Waals surface area contributed by atoms with Gasteiger partial charge < -0.3 is 11.5 Å². The summed E-state index contributed by atoms with van der Waals surface area (Å²) in [6.07, 6.45) is 1.48. The van der Waals surface area contributed by atoms with Crippen molar-refractivity contribution in [2.24, 2.45) is 0 Å². The monoisotopic (exact) mass is 196 g/mol. The summed E-state index contributed by atoms with van der Waals surface area (Å²) in [5, 5.41) is 0. The third kappa shape index (κ3) is 1.43. The van der Waals surface area contributed by atoms with Crippen LogP contribution in [0.15, 0.2) is 0 Å². The number of anilines is 2. The van der Waals surface area contributed by atoms with Gasteiger partial charge in [-0.15, -0.1) is 0 Å². The molecule has 1 aromatic rings. The van der Waals surface area contributed by atoms with E-state index in [1.165, 1.54) is 0 Å². The quantitative estimate of drug-likeness (QED) is 0.714. The Hall–Kier alpha value is -1.25. The first-order valence-electron chi connectivity index (χ1n) is 4.89. The van der Waals surface area contributed by atoms with Gasteiger partial charge in [0.1, 0.15) is 0 Å². The minimum atomic E-state index is -0.454. The van der Waals surface area contributed by atoms with Crippen molar-refractivity contribution in [3.8, 4) is 0 Å². The van der Waals surface area contributed by atoms with Gasteiger partial charge in [-0.2, -0.15) is 0 Å². The second-order valence-electron chi connectivity index (χ2n) is 3.43. The van der Waals surface area contributed by atoms with Gasteiger partial charge in [0.2, 0.25) is 0 Å². The lowest BCUT2D eigenvalue weighted by Gasteiger charge is -2.15. The van der Waals surface area contributed by atoms with Crippen LogP contribution >= 0.6 is 0 Å². The number of hydrogen-bond donors (Lipinski definition) is 2. The predicted molar refractivity (Wildman–Crippen MR) is 58.7 cm³/mol. The van der Waals surface area contributed by atoms with Crippen LogP contribution in [-0.4, -0.2) is 0 Å². The van der Waals surface area contributed by atoms with Gasteiger partial charge in [0, 0.05) is 0 Å². The number of rotatable bonds is 2. The minimum Gasteiger partial charge on any atom is -0.396 e. The minimum absolute atomic E-state index is 0.208. The second-order valence-corrected chi connectivity index (χ2v) is 3.43. The van der Waals surface area contributed by atoms with E-state index in [1.807, 2.05) is 20.8 Å². The van der Waals surface area contributed by atoms with Crippen LogP contribution in [0.4, 0.5) is 15.8 Å². The molecular formula is C11H17FN2. The van der Waals surface area contributed by atoms with Crippen molar-refractivity contribution < 1.29 is 4.39 Å². The van der Waals surface area contributed by atoms with Gasteiger partial charge in [-0.25, -0.2) is 4.39 Å². The standard InChI is InChI=1S/C11H17FN2/c1-4-7-6(3)8(5-2)11(14)9(12)10(7)13/h4-5,13-14H2,1-3H3. The molecule has 2 nitrogen and oxygen atoms in total. The van der Waals surface area contributed by atoms with Crippen LogP contribution in [0.1, 0.15) is 30.5 Å². The lowest BCUT2D eigenvalue weighted by molar-refractivity contribution is 0.633. The first-order valence-corrected chi connectivity index (χ1v) is 4.89. The Balaban J connectivity index is 3.56. The molecule has 0 amide bonds. The highest BCUT2D eigenvalue weighted by Crippen LogP contribution is 2.31. The fraction of sp³-hybridized carbons (Fsp3) is 0.455. The molecule has 0 aromatic heterocycles. The van der Waals surface area contributed by atoms with Crippen LogP contribution in [0, 0.1) is 12.7 Å². The third-order valence-electron chi connectivity index (χ3n) is 2.74. The zero-order chi connectivity index (χ0) is 10.9. The van der Waals surface area contributed by atoms with Crippen LogP contribution in [0.3, 0.4) is 0 Å². The summed E-state index contributed by atoms with van der Waals surface area (Å²) in [4.78, 5) is 0. The lowest BCUT2D eigenvalue weighted by Crippen LogP contribution is -2.08. The van der Waals surface area contributed by atoms with Crippen molar-refractivity contribution in [1.29, 1.82) is 0 Å². The summed E-state index contributed by atoms with van der Waals surface area (Å²) in [7, 11) is 0. The molecule has 3 heteroatoms. The molecule has 0 aliphatic rings. The molecule has 0 fully saturated rings. The second kappa shape index (κ2) is 3.86. The molecule has 0 bridgehead atoms. The SMILES string of the molecule is CCc1c(C)c(CC)c(N)c(F)c1N. The smallest absolute Gasteiger partial charge is 0.169 e. The highest BCUT2D eigenvalue weighted by Gasteiger charge is 2.15. The normalized spacial score (nSPS) is 10.6. The van der Waals surface area contributed by atoms with E-state index in [1.54, 1.807) is 0 Å². The van der Waals surface area contributed by atoms with Crippen LogP contribution in [-0.2, 0) is 12.8 Å². The predicted octanol–water partition coefficient (Wildman–Crippen LogP) is 2.42. The van der Waals surface area contributed by atoms with Crippen LogP contribution in [0.2, 0.25) is 0 Å². The van der Waals surface area contributed by atoms with Gasteiger partial charge in [0.15, 0.2) is 5.82 Å². The summed E-state index contributed by atoms with van der Waals surface area (Å²) in [5.41, 5.74) is 14.5. The van der Waals surface area contributed by atoms with E-state index in [0.29, 0.717) is 0 Å². The first-order chi connectivity index (χ1) is 6.54. The van der Waals surface area contributed by atoms with Crippen molar-refractivity contribution in [1.82, 2.24) is 0 Å². The van der Waals surface area contributed by atoms with E-state index in [0.717, 1.165) is 29.5 Å². The Bertz CT molecular complexity index is 328. The molecule has 78 valence electrons. The van der Waals surface area contributed by atoms with Crippen LogP contribution in [0.5, 0.6) is 0 Å². The zero-order valence-corrected chi connectivity index (χ0v) is 8.95. The molecule has 0 unspecified atom stereocenters. The highest BCUT2D eigenvalue weighted by molar-refractivity contribution is 5.66. The van der Waals surface area contributed by atoms with E-state index in [2.05, 4.69) is 0 Å². The summed E-state index contributed by atoms with van der Waals surface area (Å²) in [5.74, 6) is -0.454. The van der Waals surface area contributed by atoms with Gasteiger partial charge in [0.05, 0.1) is 11.4 Å². The summed E-state index contributed by atoms with van der Waals surface area (Å²) in [6, 6.07) is 0. The fourth-order valence-corrected chi connectivity index (χ4v) is 1.91. The number of nitrogen functional groups attached to an aromatic ring is 2. The number of hydrogen-bond acceptors (Lipinski definition) is 2. The van der Waals surface area contributed by atoms with Crippen LogP contribution in [0.25, 0.3) is 0 Å². The average Bonchev–Trinajstić information content (AvgIpc) is 2.16. The van der Waals surface area contributed by atoms with Gasteiger partial charge >= 0.3 is 0 Å². The van der Waals surface area contributed by atoms with E-state index >= 15 is 0 Å². The Morgan fingerprint density at radius 2 is 1.36 bits per heavy atom. The van der Waals surface area contributed by atoms with Crippen molar-refractivity contribution in [3.63, 3.8) is 0 Å². The lowest BCUT2D eigenvalue weighted by atomic mass is 9.95. The first kappa shape index (κ1) is 10.8. The summed E-state index contributed by atoms with van der Waals surface area (Å²) in [6.45, 7) is 5.88. The molecule has 0 spiro atoms. The number of halogens is 1. The van der Waals surface area contributed by atoms with E-state index < -0.39 is 5.82 Å². The Labute approximate surface area is 84.1 Å². The molecular weight excluding hydrogens is 179 g/mol. The van der Waals surface area contributed by atoms with E-state index in [9.17, 15) is 4.39 Å². The van der Waals surface area contributed by atoms with Gasteiger partial charge in [-0.1, -0.05) is 13.8 Å². The van der Waals surface area contributed by atoms with Gasteiger partial charge in [-0.3, -0.25) is 0 Å². The van der Waals surface area contributed by atoms with Crippen LogP contribution < -0.4 is 11.5 Å². The molecule has 1 rings (SSSR count). The molecule has 0 heterocycles. The molecule has 0 aliphatic carbocycles. The maximum absolute atomic E-state index is 13.6.